The number of nitro groups is 1. The number of nitro benzene ring substituents is 1. The molecular formula is C16H17N3O7. The summed E-state index contributed by atoms with van der Waals surface area (Å²) in [6.45, 7) is 0.995. The van der Waals surface area contributed by atoms with Gasteiger partial charge in [-0.15, -0.1) is 0 Å². The van der Waals surface area contributed by atoms with Crippen molar-refractivity contribution in [2.75, 3.05) is 6.61 Å². The van der Waals surface area contributed by atoms with E-state index in [1.165, 1.54) is 12.1 Å². The normalized spacial score (nSPS) is 14.8. The van der Waals surface area contributed by atoms with Crippen molar-refractivity contribution in [3.63, 3.8) is 0 Å². The second-order valence-electron chi connectivity index (χ2n) is 6.22. The number of fused-ring (bicyclic) bond motifs is 1. The van der Waals surface area contributed by atoms with E-state index in [4.69, 9.17) is 9.15 Å². The molecule has 1 saturated carbocycles. The van der Waals surface area contributed by atoms with Crippen LogP contribution in [0.25, 0.3) is 11.1 Å². The van der Waals surface area contributed by atoms with Gasteiger partial charge in [0.2, 0.25) is 0 Å². The highest BCUT2D eigenvalue weighted by atomic mass is 16.6. The first-order chi connectivity index (χ1) is 12.3. The molecule has 2 aromatic rings. The van der Waals surface area contributed by atoms with Crippen molar-refractivity contribution < 1.29 is 23.7 Å². The van der Waals surface area contributed by atoms with E-state index in [1.54, 1.807) is 0 Å². The summed E-state index contributed by atoms with van der Waals surface area (Å²) in [4.78, 5) is 45.6. The fourth-order valence-corrected chi connectivity index (χ4v) is 2.65. The van der Waals surface area contributed by atoms with E-state index in [0.717, 1.165) is 23.5 Å². The number of non-ortho nitro benzene ring substituents is 1. The van der Waals surface area contributed by atoms with Crippen molar-refractivity contribution in [2.45, 2.75) is 32.4 Å². The zero-order valence-electron chi connectivity index (χ0n) is 14.0. The van der Waals surface area contributed by atoms with Crippen LogP contribution in [0.4, 0.5) is 5.69 Å². The van der Waals surface area contributed by atoms with Crippen molar-refractivity contribution in [3.05, 3.63) is 38.9 Å². The quantitative estimate of drug-likeness (QED) is 0.440. The Balaban J connectivity index is 1.61. The maximum atomic E-state index is 11.9. The predicted molar refractivity (Wildman–Crippen MR) is 88.4 cm³/mol. The molecular weight excluding hydrogens is 346 g/mol. The predicted octanol–water partition coefficient (Wildman–Crippen LogP) is 0.961. The minimum Gasteiger partial charge on any atom is -0.454 e. The van der Waals surface area contributed by atoms with Crippen molar-refractivity contribution in [2.24, 2.45) is 5.92 Å². The molecule has 0 saturated heterocycles. The molecule has 1 aromatic heterocycles. The third-order valence-electron chi connectivity index (χ3n) is 4.23. The Morgan fingerprint density at radius 3 is 2.85 bits per heavy atom. The van der Waals surface area contributed by atoms with Crippen LogP contribution in [0.3, 0.4) is 0 Å². The molecule has 1 aliphatic carbocycles. The van der Waals surface area contributed by atoms with Gasteiger partial charge in [-0.05, 0) is 31.7 Å². The second kappa shape index (κ2) is 6.98. The number of nitrogens with one attached hydrogen (secondary N) is 1. The Morgan fingerprint density at radius 1 is 1.46 bits per heavy atom. The summed E-state index contributed by atoms with van der Waals surface area (Å²) in [7, 11) is 0. The Kier molecular flexibility index (Phi) is 4.74. The lowest BCUT2D eigenvalue weighted by atomic mass is 10.2. The number of aromatic nitrogens is 1. The van der Waals surface area contributed by atoms with E-state index in [0.29, 0.717) is 5.92 Å². The maximum Gasteiger partial charge on any atom is 0.420 e. The van der Waals surface area contributed by atoms with Crippen LogP contribution in [0, 0.1) is 16.0 Å². The van der Waals surface area contributed by atoms with Crippen LogP contribution >= 0.6 is 0 Å². The highest BCUT2D eigenvalue weighted by Gasteiger charge is 2.29. The number of nitrogens with zero attached hydrogens (tertiary/aromatic N) is 2. The Labute approximate surface area is 146 Å². The minimum atomic E-state index is -0.843. The summed E-state index contributed by atoms with van der Waals surface area (Å²) >= 11 is 0. The van der Waals surface area contributed by atoms with Crippen LogP contribution in [-0.2, 0) is 20.9 Å². The molecule has 1 heterocycles. The monoisotopic (exact) mass is 363 g/mol. The van der Waals surface area contributed by atoms with Gasteiger partial charge in [0.15, 0.2) is 12.2 Å². The first kappa shape index (κ1) is 17.6. The third kappa shape index (κ3) is 3.90. The SMILES string of the molecule is C[C@@H](NC(=O)COC(=O)Cn1c(=O)oc2cc([N+](=O)[O-])ccc21)C1CC1. The second-order valence-corrected chi connectivity index (χ2v) is 6.22. The molecule has 0 aliphatic heterocycles. The van der Waals surface area contributed by atoms with Gasteiger partial charge in [-0.3, -0.25) is 24.3 Å². The number of hydrogen-bond donors (Lipinski definition) is 1. The highest BCUT2D eigenvalue weighted by molar-refractivity contribution is 5.82. The van der Waals surface area contributed by atoms with Crippen LogP contribution < -0.4 is 11.1 Å². The van der Waals surface area contributed by atoms with Gasteiger partial charge in [-0.2, -0.15) is 0 Å². The Hall–Kier alpha value is -3.17. The van der Waals surface area contributed by atoms with E-state index >= 15 is 0 Å². The molecule has 1 amide bonds. The summed E-state index contributed by atoms with van der Waals surface area (Å²) in [6.07, 6.45) is 2.16. The van der Waals surface area contributed by atoms with Gasteiger partial charge in [0.25, 0.3) is 11.6 Å². The maximum absolute atomic E-state index is 11.9. The van der Waals surface area contributed by atoms with E-state index in [1.807, 2.05) is 6.92 Å². The average molecular weight is 363 g/mol. The number of hydrogen-bond acceptors (Lipinski definition) is 7. The van der Waals surface area contributed by atoms with Crippen molar-refractivity contribution >= 4 is 28.7 Å². The zero-order valence-corrected chi connectivity index (χ0v) is 14.0. The molecule has 1 N–H and O–H groups in total. The van der Waals surface area contributed by atoms with Crippen LogP contribution in [0.15, 0.2) is 27.4 Å². The number of carbonyl (C=O) groups excluding carboxylic acids is 2. The van der Waals surface area contributed by atoms with Gasteiger partial charge in [0, 0.05) is 12.1 Å². The van der Waals surface area contributed by atoms with E-state index in [2.05, 4.69) is 5.32 Å². The van der Waals surface area contributed by atoms with Gasteiger partial charge in [0.05, 0.1) is 16.5 Å². The third-order valence-corrected chi connectivity index (χ3v) is 4.23. The smallest absolute Gasteiger partial charge is 0.420 e. The molecule has 1 aliphatic rings. The van der Waals surface area contributed by atoms with Crippen molar-refractivity contribution in [1.29, 1.82) is 0 Å². The largest absolute Gasteiger partial charge is 0.454 e. The number of benzene rings is 1. The number of amides is 1. The lowest BCUT2D eigenvalue weighted by Gasteiger charge is -2.12. The summed E-state index contributed by atoms with van der Waals surface area (Å²) in [6, 6.07) is 3.66. The molecule has 0 radical (unpaired) electrons. The van der Waals surface area contributed by atoms with Gasteiger partial charge >= 0.3 is 11.7 Å². The number of carbonyl (C=O) groups is 2. The molecule has 138 valence electrons. The summed E-state index contributed by atoms with van der Waals surface area (Å²) in [5.74, 6) is -1.56. The summed E-state index contributed by atoms with van der Waals surface area (Å²) < 4.78 is 10.8. The molecule has 3 rings (SSSR count). The Morgan fingerprint density at radius 2 is 2.19 bits per heavy atom. The fraction of sp³-hybridized carbons (Fsp3) is 0.438. The molecule has 10 heteroatoms. The molecule has 1 fully saturated rings. The lowest BCUT2D eigenvalue weighted by molar-refractivity contribution is -0.384. The molecule has 1 aromatic carbocycles. The number of ether oxygens (including phenoxy) is 1. The summed E-state index contributed by atoms with van der Waals surface area (Å²) in [5.41, 5.74) is -0.0141. The Bertz CT molecular complexity index is 926. The standard InChI is InChI=1S/C16H17N3O7/c1-9(10-2-3-10)17-14(20)8-25-15(21)7-18-12-5-4-11(19(23)24)6-13(12)26-16(18)22/h4-6,9-10H,2-3,7-8H2,1H3,(H,17,20)/t9-/m1/s1. The molecule has 0 bridgehead atoms. The molecule has 1 atom stereocenters. The molecule has 0 spiro atoms. The van der Waals surface area contributed by atoms with Crippen molar-refractivity contribution in [1.82, 2.24) is 9.88 Å². The van der Waals surface area contributed by atoms with E-state index < -0.39 is 35.7 Å². The number of rotatable bonds is 7. The molecule has 0 unspecified atom stereocenters. The lowest BCUT2D eigenvalue weighted by Crippen LogP contribution is -2.37. The van der Waals surface area contributed by atoms with Gasteiger partial charge < -0.3 is 14.5 Å². The number of oxazole rings is 1. The fourth-order valence-electron chi connectivity index (χ4n) is 2.65. The van der Waals surface area contributed by atoms with Crippen LogP contribution in [-0.4, -0.2) is 34.0 Å². The topological polar surface area (TPSA) is 134 Å². The van der Waals surface area contributed by atoms with Crippen LogP contribution in [0.5, 0.6) is 0 Å². The average Bonchev–Trinajstić information content (AvgIpc) is 3.39. The van der Waals surface area contributed by atoms with E-state index in [9.17, 15) is 24.5 Å². The van der Waals surface area contributed by atoms with Gasteiger partial charge in [-0.1, -0.05) is 0 Å². The van der Waals surface area contributed by atoms with Crippen LogP contribution in [0.1, 0.15) is 19.8 Å². The molecule has 26 heavy (non-hydrogen) atoms. The zero-order chi connectivity index (χ0) is 18.8. The van der Waals surface area contributed by atoms with Crippen LogP contribution in [0.2, 0.25) is 0 Å². The van der Waals surface area contributed by atoms with Crippen molar-refractivity contribution in [3.8, 4) is 0 Å². The first-order valence-electron chi connectivity index (χ1n) is 8.08. The molecule has 10 nitrogen and oxygen atoms in total. The van der Waals surface area contributed by atoms with Gasteiger partial charge in [-0.25, -0.2) is 4.79 Å². The first-order valence-corrected chi connectivity index (χ1v) is 8.08. The highest BCUT2D eigenvalue weighted by Crippen LogP contribution is 2.32. The van der Waals surface area contributed by atoms with Gasteiger partial charge in [0.1, 0.15) is 6.54 Å². The van der Waals surface area contributed by atoms with E-state index in [-0.39, 0.29) is 22.8 Å². The number of esters is 1. The minimum absolute atomic E-state index is 0.00648. The summed E-state index contributed by atoms with van der Waals surface area (Å²) in [5, 5.41) is 13.5.